The molecule has 0 unspecified atom stereocenters. The van der Waals surface area contributed by atoms with Gasteiger partial charge in [0.15, 0.2) is 0 Å². The minimum Gasteiger partial charge on any atom is -0.372 e. The third-order valence-corrected chi connectivity index (χ3v) is 6.86. The molecule has 0 radical (unpaired) electrons. The van der Waals surface area contributed by atoms with Crippen molar-refractivity contribution in [2.45, 2.75) is 38.6 Å². The molecule has 0 aliphatic carbocycles. The molecule has 2 fully saturated rings. The highest BCUT2D eigenvalue weighted by atomic mass is 32.1. The van der Waals surface area contributed by atoms with Crippen molar-refractivity contribution in [2.24, 2.45) is 5.92 Å². The normalized spacial score (nSPS) is 21.5. The smallest absolute Gasteiger partial charge is 0.238 e. The van der Waals surface area contributed by atoms with Gasteiger partial charge in [-0.3, -0.25) is 9.69 Å². The van der Waals surface area contributed by atoms with Crippen LogP contribution in [0, 0.1) is 5.92 Å². The summed E-state index contributed by atoms with van der Waals surface area (Å²) in [5.41, 5.74) is 2.15. The van der Waals surface area contributed by atoms with Gasteiger partial charge in [0.1, 0.15) is 0 Å². The Morgan fingerprint density at radius 3 is 2.59 bits per heavy atom. The Balaban J connectivity index is 1.31. The average molecular weight is 384 g/mol. The van der Waals surface area contributed by atoms with Gasteiger partial charge in [0.2, 0.25) is 5.91 Å². The predicted molar refractivity (Wildman–Crippen MR) is 114 cm³/mol. The molecule has 27 heavy (non-hydrogen) atoms. The zero-order valence-corrected chi connectivity index (χ0v) is 16.9. The summed E-state index contributed by atoms with van der Waals surface area (Å²) in [6, 6.07) is 13.0. The molecule has 1 atom stereocenters. The first kappa shape index (κ1) is 18.5. The Labute approximate surface area is 166 Å². The molecule has 2 aromatic rings. The number of piperidine rings is 1. The lowest BCUT2D eigenvalue weighted by Crippen LogP contribution is -2.33. The molecule has 2 aliphatic rings. The number of rotatable bonds is 5. The molecule has 3 heterocycles. The molecule has 1 amide bonds. The zero-order valence-electron chi connectivity index (χ0n) is 16.1. The molecule has 4 nitrogen and oxygen atoms in total. The number of nitrogens with one attached hydrogen (secondary N) is 1. The Hall–Kier alpha value is -1.85. The van der Waals surface area contributed by atoms with Gasteiger partial charge in [-0.2, -0.15) is 0 Å². The van der Waals surface area contributed by atoms with Gasteiger partial charge >= 0.3 is 0 Å². The van der Waals surface area contributed by atoms with Gasteiger partial charge in [-0.25, -0.2) is 0 Å². The van der Waals surface area contributed by atoms with Crippen molar-refractivity contribution in [2.75, 3.05) is 36.4 Å². The molecule has 4 rings (SSSR count). The second-order valence-electron chi connectivity index (χ2n) is 7.91. The van der Waals surface area contributed by atoms with E-state index in [2.05, 4.69) is 51.7 Å². The fourth-order valence-electron chi connectivity index (χ4n) is 4.23. The van der Waals surface area contributed by atoms with Crippen LogP contribution in [0.25, 0.3) is 0 Å². The number of amides is 1. The standard InChI is InChI=1S/C22H29N3OS/c1-17-10-13-24(14-11-17)19-8-6-18(7-9-19)23-22(26)16-25-12-2-4-20(25)21-5-3-15-27-21/h3,5-9,15,17,20H,2,4,10-14,16H2,1H3,(H,23,26)/t20-/m0/s1. The molecule has 144 valence electrons. The molecule has 0 spiro atoms. The maximum absolute atomic E-state index is 12.5. The molecule has 5 heteroatoms. The minimum atomic E-state index is 0.0815. The van der Waals surface area contributed by atoms with E-state index in [0.29, 0.717) is 12.6 Å². The SMILES string of the molecule is CC1CCN(c2ccc(NC(=O)CN3CCC[C@H]3c3cccs3)cc2)CC1. The summed E-state index contributed by atoms with van der Waals surface area (Å²) >= 11 is 1.79. The topological polar surface area (TPSA) is 35.6 Å². The van der Waals surface area contributed by atoms with E-state index in [1.54, 1.807) is 11.3 Å². The fourth-order valence-corrected chi connectivity index (χ4v) is 5.12. The summed E-state index contributed by atoms with van der Waals surface area (Å²) in [5.74, 6) is 0.918. The van der Waals surface area contributed by atoms with Crippen LogP contribution in [0.2, 0.25) is 0 Å². The Morgan fingerprint density at radius 2 is 1.89 bits per heavy atom. The van der Waals surface area contributed by atoms with E-state index < -0.39 is 0 Å². The van der Waals surface area contributed by atoms with Gasteiger partial charge in [-0.1, -0.05) is 13.0 Å². The number of anilines is 2. The number of carbonyl (C=O) groups is 1. The summed E-state index contributed by atoms with van der Waals surface area (Å²) < 4.78 is 0. The highest BCUT2D eigenvalue weighted by Gasteiger charge is 2.28. The van der Waals surface area contributed by atoms with Crippen LogP contribution >= 0.6 is 11.3 Å². The number of hydrogen-bond acceptors (Lipinski definition) is 4. The second kappa shape index (κ2) is 8.44. The quantitative estimate of drug-likeness (QED) is 0.808. The first-order valence-corrected chi connectivity index (χ1v) is 11.0. The van der Waals surface area contributed by atoms with Gasteiger partial charge in [0.25, 0.3) is 0 Å². The predicted octanol–water partition coefficient (Wildman–Crippen LogP) is 4.76. The Bertz CT molecular complexity index is 735. The highest BCUT2D eigenvalue weighted by Crippen LogP contribution is 2.34. The third-order valence-electron chi connectivity index (χ3n) is 5.88. The third kappa shape index (κ3) is 4.53. The first-order valence-electron chi connectivity index (χ1n) is 10.1. The van der Waals surface area contributed by atoms with E-state index in [1.165, 1.54) is 29.8 Å². The average Bonchev–Trinajstić information content (AvgIpc) is 3.34. The van der Waals surface area contributed by atoms with Crippen LogP contribution in [0.1, 0.15) is 43.5 Å². The second-order valence-corrected chi connectivity index (χ2v) is 8.89. The van der Waals surface area contributed by atoms with Gasteiger partial charge in [-0.15, -0.1) is 11.3 Å². The van der Waals surface area contributed by atoms with Crippen LogP contribution in [0.5, 0.6) is 0 Å². The number of carbonyl (C=O) groups excluding carboxylic acids is 1. The van der Waals surface area contributed by atoms with Crippen molar-refractivity contribution in [1.82, 2.24) is 4.90 Å². The lowest BCUT2D eigenvalue weighted by molar-refractivity contribution is -0.117. The largest absolute Gasteiger partial charge is 0.372 e. The van der Waals surface area contributed by atoms with Gasteiger partial charge in [0.05, 0.1) is 6.54 Å². The van der Waals surface area contributed by atoms with Crippen molar-refractivity contribution >= 4 is 28.6 Å². The molecule has 1 N–H and O–H groups in total. The molecule has 2 saturated heterocycles. The summed E-state index contributed by atoms with van der Waals surface area (Å²) in [6.45, 7) is 6.06. The van der Waals surface area contributed by atoms with Gasteiger partial charge < -0.3 is 10.2 Å². The molecule has 1 aromatic carbocycles. The maximum atomic E-state index is 12.5. The van der Waals surface area contributed by atoms with E-state index in [-0.39, 0.29) is 5.91 Å². The lowest BCUT2D eigenvalue weighted by atomic mass is 9.99. The molecule has 1 aromatic heterocycles. The summed E-state index contributed by atoms with van der Waals surface area (Å²) in [7, 11) is 0. The van der Waals surface area contributed by atoms with E-state index in [4.69, 9.17) is 0 Å². The van der Waals surface area contributed by atoms with Crippen molar-refractivity contribution in [1.29, 1.82) is 0 Å². The number of likely N-dealkylation sites (tertiary alicyclic amines) is 1. The van der Waals surface area contributed by atoms with Crippen molar-refractivity contribution < 1.29 is 4.79 Å². The zero-order chi connectivity index (χ0) is 18.6. The van der Waals surface area contributed by atoms with Crippen molar-refractivity contribution in [3.05, 3.63) is 46.7 Å². The molecule has 0 saturated carbocycles. The maximum Gasteiger partial charge on any atom is 0.238 e. The monoisotopic (exact) mass is 383 g/mol. The van der Waals surface area contributed by atoms with Crippen LogP contribution in [-0.4, -0.2) is 37.0 Å². The van der Waals surface area contributed by atoms with Crippen LogP contribution in [0.3, 0.4) is 0 Å². The van der Waals surface area contributed by atoms with E-state index in [9.17, 15) is 4.79 Å². The lowest BCUT2D eigenvalue weighted by Gasteiger charge is -2.32. The van der Waals surface area contributed by atoms with E-state index in [0.717, 1.165) is 37.7 Å². The Kier molecular flexibility index (Phi) is 5.79. The highest BCUT2D eigenvalue weighted by molar-refractivity contribution is 7.10. The number of benzene rings is 1. The van der Waals surface area contributed by atoms with Gasteiger partial charge in [0, 0.05) is 35.4 Å². The summed E-state index contributed by atoms with van der Waals surface area (Å²) in [4.78, 5) is 18.7. The number of hydrogen-bond donors (Lipinski definition) is 1. The molecule has 2 aliphatic heterocycles. The van der Waals surface area contributed by atoms with Crippen LogP contribution in [-0.2, 0) is 4.79 Å². The fraction of sp³-hybridized carbons (Fsp3) is 0.500. The van der Waals surface area contributed by atoms with E-state index >= 15 is 0 Å². The van der Waals surface area contributed by atoms with E-state index in [1.807, 2.05) is 12.1 Å². The summed E-state index contributed by atoms with van der Waals surface area (Å²) in [6.07, 6.45) is 4.84. The molecular weight excluding hydrogens is 354 g/mol. The molecular formula is C22H29N3OS. The number of thiophene rings is 1. The van der Waals surface area contributed by atoms with Crippen LogP contribution in [0.4, 0.5) is 11.4 Å². The molecule has 0 bridgehead atoms. The Morgan fingerprint density at radius 1 is 1.11 bits per heavy atom. The first-order chi connectivity index (χ1) is 13.2. The minimum absolute atomic E-state index is 0.0815. The van der Waals surface area contributed by atoms with Gasteiger partial charge in [-0.05, 0) is 73.9 Å². The van der Waals surface area contributed by atoms with Crippen LogP contribution < -0.4 is 10.2 Å². The number of nitrogens with zero attached hydrogens (tertiary/aromatic N) is 2. The summed E-state index contributed by atoms with van der Waals surface area (Å²) in [5, 5.41) is 5.20. The van der Waals surface area contributed by atoms with Crippen LogP contribution in [0.15, 0.2) is 41.8 Å². The van der Waals surface area contributed by atoms with Crippen molar-refractivity contribution in [3.8, 4) is 0 Å². The van der Waals surface area contributed by atoms with Crippen molar-refractivity contribution in [3.63, 3.8) is 0 Å².